The van der Waals surface area contributed by atoms with Crippen molar-refractivity contribution >= 4 is 27.3 Å². The summed E-state index contributed by atoms with van der Waals surface area (Å²) in [6, 6.07) is 16.0. The molecule has 0 saturated carbocycles. The van der Waals surface area contributed by atoms with Gasteiger partial charge in [0, 0.05) is 58.0 Å². The van der Waals surface area contributed by atoms with Crippen LogP contribution >= 0.6 is 0 Å². The number of aryl methyl sites for hydroxylation is 1. The molecule has 2 saturated heterocycles. The summed E-state index contributed by atoms with van der Waals surface area (Å²) >= 11 is 0. The summed E-state index contributed by atoms with van der Waals surface area (Å²) < 4.78 is 31.4. The Bertz CT molecular complexity index is 1170. The number of piperazine rings is 2. The summed E-state index contributed by atoms with van der Waals surface area (Å²) in [6.45, 7) is 5.55. The highest BCUT2D eigenvalue weighted by Crippen LogP contribution is 2.30. The normalized spacial score (nSPS) is 22.1. The van der Waals surface area contributed by atoms with Gasteiger partial charge in [-0.1, -0.05) is 18.2 Å². The van der Waals surface area contributed by atoms with Crippen LogP contribution < -0.4 is 14.6 Å². The topological polar surface area (TPSA) is 76.6 Å². The first kappa shape index (κ1) is 25.0. The molecule has 194 valence electrons. The first-order chi connectivity index (χ1) is 17.3. The summed E-state index contributed by atoms with van der Waals surface area (Å²) in [5.41, 5.74) is 3.00. The monoisotopic (exact) mass is 513 g/mol. The fraction of sp³-hybridized carbons (Fsp3) is 0.500. The highest BCUT2D eigenvalue weighted by atomic mass is 32.2. The Hall–Kier alpha value is -2.66. The van der Waals surface area contributed by atoms with E-state index in [0.29, 0.717) is 32.6 Å². The Morgan fingerprint density at radius 3 is 2.25 bits per heavy atom. The molecule has 0 aliphatic carbocycles. The molecule has 0 aromatic heterocycles. The molecule has 0 N–H and O–H groups in total. The van der Waals surface area contributed by atoms with E-state index < -0.39 is 16.1 Å². The molecular formula is C26H35N5O4S. The lowest BCUT2D eigenvalue weighted by Gasteiger charge is -2.42. The number of hydrogen-bond acceptors (Lipinski definition) is 7. The predicted octanol–water partition coefficient (Wildman–Crippen LogP) is 1.66. The summed E-state index contributed by atoms with van der Waals surface area (Å²) in [4.78, 5) is 18.3. The summed E-state index contributed by atoms with van der Waals surface area (Å²) in [6.07, 6.45) is 2.21. The zero-order chi connectivity index (χ0) is 25.3. The van der Waals surface area contributed by atoms with Crippen LogP contribution in [-0.4, -0.2) is 100 Å². The molecule has 3 heterocycles. The van der Waals surface area contributed by atoms with Gasteiger partial charge >= 0.3 is 0 Å². The predicted molar refractivity (Wildman–Crippen MR) is 141 cm³/mol. The zero-order valence-corrected chi connectivity index (χ0v) is 21.9. The van der Waals surface area contributed by atoms with Crippen LogP contribution in [0.25, 0.3) is 0 Å². The molecule has 2 fully saturated rings. The smallest absolute Gasteiger partial charge is 0.282 e. The van der Waals surface area contributed by atoms with Crippen molar-refractivity contribution in [3.63, 3.8) is 0 Å². The van der Waals surface area contributed by atoms with Crippen LogP contribution in [0.2, 0.25) is 0 Å². The van der Waals surface area contributed by atoms with Crippen LogP contribution in [0.3, 0.4) is 0 Å². The lowest BCUT2D eigenvalue weighted by Crippen LogP contribution is -2.58. The first-order valence-electron chi connectivity index (χ1n) is 12.6. The third-order valence-electron chi connectivity index (χ3n) is 7.33. The van der Waals surface area contributed by atoms with Crippen LogP contribution in [-0.2, 0) is 21.2 Å². The van der Waals surface area contributed by atoms with Crippen LogP contribution in [0.15, 0.2) is 48.5 Å². The van der Waals surface area contributed by atoms with Gasteiger partial charge in [-0.25, -0.2) is 18.4 Å². The van der Waals surface area contributed by atoms with Crippen molar-refractivity contribution in [2.45, 2.75) is 18.9 Å². The summed E-state index contributed by atoms with van der Waals surface area (Å²) in [5, 5.41) is 3.95. The van der Waals surface area contributed by atoms with E-state index in [9.17, 15) is 13.2 Å². The lowest BCUT2D eigenvalue weighted by atomic mass is 10.0. The molecular weight excluding hydrogens is 478 g/mol. The minimum Gasteiger partial charge on any atom is -0.480 e. The van der Waals surface area contributed by atoms with Gasteiger partial charge < -0.3 is 14.5 Å². The van der Waals surface area contributed by atoms with Gasteiger partial charge in [0.2, 0.25) is 10.0 Å². The molecule has 1 unspecified atom stereocenters. The second-order valence-electron chi connectivity index (χ2n) is 9.83. The van der Waals surface area contributed by atoms with Crippen molar-refractivity contribution in [1.82, 2.24) is 14.2 Å². The summed E-state index contributed by atoms with van der Waals surface area (Å²) in [5.74, 6) is 0.757. The second kappa shape index (κ2) is 10.4. The first-order valence-corrected chi connectivity index (χ1v) is 14.5. The SMILES string of the molecule is CN1CCN(N(C(=O)C2CCc3ccccc3O2)c2ccc(N3CCN(S(C)(=O)=O)CC3)cc2)CC1. The highest BCUT2D eigenvalue weighted by Gasteiger charge is 2.35. The van der Waals surface area contributed by atoms with Crippen LogP contribution in [0.5, 0.6) is 5.75 Å². The Morgan fingerprint density at radius 2 is 1.58 bits per heavy atom. The molecule has 9 nitrogen and oxygen atoms in total. The van der Waals surface area contributed by atoms with E-state index in [1.165, 1.54) is 10.6 Å². The van der Waals surface area contributed by atoms with E-state index >= 15 is 0 Å². The van der Waals surface area contributed by atoms with Crippen LogP contribution in [0.1, 0.15) is 12.0 Å². The summed E-state index contributed by atoms with van der Waals surface area (Å²) in [7, 11) is -1.06. The average molecular weight is 514 g/mol. The number of fused-ring (bicyclic) bond motifs is 1. The second-order valence-corrected chi connectivity index (χ2v) is 11.8. The van der Waals surface area contributed by atoms with Crippen LogP contribution in [0.4, 0.5) is 11.4 Å². The quantitative estimate of drug-likeness (QED) is 0.602. The Balaban J connectivity index is 1.34. The minimum absolute atomic E-state index is 0.0384. The maximum absolute atomic E-state index is 13.9. The molecule has 0 radical (unpaired) electrons. The number of nitrogens with zero attached hydrogens (tertiary/aromatic N) is 5. The van der Waals surface area contributed by atoms with E-state index in [2.05, 4.69) is 27.9 Å². The highest BCUT2D eigenvalue weighted by molar-refractivity contribution is 7.88. The molecule has 10 heteroatoms. The van der Waals surface area contributed by atoms with Gasteiger partial charge in [0.1, 0.15) is 5.75 Å². The number of rotatable bonds is 5. The molecule has 36 heavy (non-hydrogen) atoms. The number of hydrazine groups is 1. The van der Waals surface area contributed by atoms with Crippen molar-refractivity contribution in [1.29, 1.82) is 0 Å². The molecule has 0 bridgehead atoms. The number of carbonyl (C=O) groups excluding carboxylic acids is 1. The number of hydrogen-bond donors (Lipinski definition) is 0. The molecule has 1 atom stereocenters. The van der Waals surface area contributed by atoms with Gasteiger partial charge in [0.25, 0.3) is 5.91 Å². The van der Waals surface area contributed by atoms with E-state index in [1.54, 1.807) is 0 Å². The maximum Gasteiger partial charge on any atom is 0.282 e. The molecule has 3 aliphatic rings. The fourth-order valence-corrected chi connectivity index (χ4v) is 5.97. The van der Waals surface area contributed by atoms with Crippen molar-refractivity contribution in [3.8, 4) is 5.75 Å². The van der Waals surface area contributed by atoms with Gasteiger partial charge in [-0.3, -0.25) is 4.79 Å². The van der Waals surface area contributed by atoms with E-state index in [1.807, 2.05) is 47.5 Å². The number of benzene rings is 2. The van der Waals surface area contributed by atoms with Gasteiger partial charge in [0.05, 0.1) is 11.9 Å². The van der Waals surface area contributed by atoms with E-state index in [-0.39, 0.29) is 5.91 Å². The standard InChI is InChI=1S/C26H35N5O4S/c1-27-13-17-29(18-14-27)31(26(32)25-12-7-21-5-3-4-6-24(21)35-25)23-10-8-22(9-11-23)28-15-19-30(20-16-28)36(2,33)34/h3-6,8-11,25H,7,12-20H2,1-2H3. The van der Waals surface area contributed by atoms with Crippen molar-refractivity contribution in [2.75, 3.05) is 75.6 Å². The number of para-hydroxylation sites is 1. The molecule has 1 amide bonds. The average Bonchev–Trinajstić information content (AvgIpc) is 2.89. The Kier molecular flexibility index (Phi) is 7.21. The van der Waals surface area contributed by atoms with Crippen molar-refractivity contribution in [3.05, 3.63) is 54.1 Å². The molecule has 5 rings (SSSR count). The van der Waals surface area contributed by atoms with Gasteiger partial charge in [-0.05, 0) is 55.8 Å². The third-order valence-corrected chi connectivity index (χ3v) is 8.63. The number of ether oxygens (including phenoxy) is 1. The van der Waals surface area contributed by atoms with Gasteiger partial charge in [0.15, 0.2) is 6.10 Å². The molecule has 3 aliphatic heterocycles. The number of amides is 1. The number of sulfonamides is 1. The third kappa shape index (κ3) is 5.36. The molecule has 2 aromatic carbocycles. The minimum atomic E-state index is -3.16. The lowest BCUT2D eigenvalue weighted by molar-refractivity contribution is -0.129. The van der Waals surface area contributed by atoms with Crippen molar-refractivity contribution in [2.24, 2.45) is 0 Å². The fourth-order valence-electron chi connectivity index (χ4n) is 5.14. The Labute approximate surface area is 213 Å². The number of carbonyl (C=O) groups is 1. The number of anilines is 2. The van der Waals surface area contributed by atoms with Gasteiger partial charge in [-0.2, -0.15) is 4.31 Å². The largest absolute Gasteiger partial charge is 0.480 e. The molecule has 0 spiro atoms. The van der Waals surface area contributed by atoms with Gasteiger partial charge in [-0.15, -0.1) is 0 Å². The van der Waals surface area contributed by atoms with Crippen LogP contribution in [0, 0.1) is 0 Å². The zero-order valence-electron chi connectivity index (χ0n) is 21.0. The van der Waals surface area contributed by atoms with E-state index in [4.69, 9.17) is 4.74 Å². The number of likely N-dealkylation sites (N-methyl/N-ethyl adjacent to an activating group) is 1. The Morgan fingerprint density at radius 1 is 0.917 bits per heavy atom. The van der Waals surface area contributed by atoms with Crippen molar-refractivity contribution < 1.29 is 17.9 Å². The maximum atomic E-state index is 13.9. The molecule has 2 aromatic rings. The van der Waals surface area contributed by atoms with E-state index in [0.717, 1.165) is 55.3 Å².